The Morgan fingerprint density at radius 1 is 1.14 bits per heavy atom. The van der Waals surface area contributed by atoms with Gasteiger partial charge in [-0.25, -0.2) is 0 Å². The molecule has 1 saturated carbocycles. The highest BCUT2D eigenvalue weighted by atomic mass is 16.5. The molecular formula is C24H32N2O2. The van der Waals surface area contributed by atoms with Gasteiger partial charge >= 0.3 is 0 Å². The van der Waals surface area contributed by atoms with Crippen LogP contribution >= 0.6 is 0 Å². The summed E-state index contributed by atoms with van der Waals surface area (Å²) >= 11 is 0. The number of likely N-dealkylation sites (tertiary alicyclic amines) is 1. The second kappa shape index (κ2) is 9.42. The number of hydrogen-bond acceptors (Lipinski definition) is 3. The minimum atomic E-state index is -0.0647. The molecule has 0 atom stereocenters. The lowest BCUT2D eigenvalue weighted by Gasteiger charge is -2.26. The van der Waals surface area contributed by atoms with Gasteiger partial charge in [-0.05, 0) is 62.9 Å². The van der Waals surface area contributed by atoms with E-state index in [1.54, 1.807) is 0 Å². The summed E-state index contributed by atoms with van der Waals surface area (Å²) < 4.78 is 6.23. The Hall–Kier alpha value is -2.07. The van der Waals surface area contributed by atoms with E-state index in [-0.39, 0.29) is 5.56 Å². The van der Waals surface area contributed by atoms with Crippen LogP contribution in [0.25, 0.3) is 17.0 Å². The number of rotatable bonds is 9. The second-order valence-corrected chi connectivity index (χ2v) is 8.27. The zero-order valence-electron chi connectivity index (χ0n) is 16.8. The molecule has 1 N–H and O–H groups in total. The molecule has 0 unspecified atom stereocenters. The Bertz CT molecular complexity index is 861. The van der Waals surface area contributed by atoms with Crippen molar-refractivity contribution in [2.75, 3.05) is 26.2 Å². The highest BCUT2D eigenvalue weighted by molar-refractivity contribution is 5.88. The molecule has 4 rings (SSSR count). The van der Waals surface area contributed by atoms with Crippen molar-refractivity contribution < 1.29 is 4.74 Å². The number of unbranched alkanes of at least 4 members (excludes halogenated alkanes) is 1. The number of fused-ring (bicyclic) bond motifs is 1. The maximum absolute atomic E-state index is 12.7. The van der Waals surface area contributed by atoms with Crippen molar-refractivity contribution in [1.82, 2.24) is 9.88 Å². The number of aromatic nitrogens is 1. The zero-order chi connectivity index (χ0) is 19.2. The fraction of sp³-hybridized carbons (Fsp3) is 0.542. The van der Waals surface area contributed by atoms with E-state index in [2.05, 4.69) is 16.0 Å². The minimum Gasteiger partial charge on any atom is -0.491 e. The van der Waals surface area contributed by atoms with Crippen molar-refractivity contribution in [3.05, 3.63) is 46.3 Å². The number of benzene rings is 1. The van der Waals surface area contributed by atoms with Crippen LogP contribution in [0.4, 0.5) is 0 Å². The van der Waals surface area contributed by atoms with Crippen LogP contribution in [-0.4, -0.2) is 36.1 Å². The molecule has 2 fully saturated rings. The highest BCUT2D eigenvalue weighted by Gasteiger charge is 2.19. The summed E-state index contributed by atoms with van der Waals surface area (Å²) in [5, 5.41) is 0.985. The third-order valence-electron chi connectivity index (χ3n) is 5.98. The zero-order valence-corrected chi connectivity index (χ0v) is 16.8. The third-order valence-corrected chi connectivity index (χ3v) is 5.98. The lowest BCUT2D eigenvalue weighted by atomic mass is 10.1. The summed E-state index contributed by atoms with van der Waals surface area (Å²) in [6.45, 7) is 3.86. The molecule has 0 amide bonds. The van der Waals surface area contributed by atoms with E-state index < -0.39 is 0 Å². The Balaban J connectivity index is 1.48. The number of aromatic amines is 1. The van der Waals surface area contributed by atoms with Gasteiger partial charge in [0.25, 0.3) is 5.56 Å². The summed E-state index contributed by atoms with van der Waals surface area (Å²) in [6, 6.07) is 7.92. The quantitative estimate of drug-likeness (QED) is 0.624. The molecule has 0 radical (unpaired) electrons. The van der Waals surface area contributed by atoms with Gasteiger partial charge in [0.2, 0.25) is 0 Å². The summed E-state index contributed by atoms with van der Waals surface area (Å²) in [6.07, 6.45) is 14.4. The standard InChI is InChI=1S/C24H32N2O2/c27-24-21(11-4-1-3-9-19-13-14-19)23(20-10-5-6-12-22(20)25-24)28-18-17-26-15-7-2-8-16-26/h4-6,10-12,19H,1-3,7-9,13-18H2,(H,25,27)/b11-4+. The van der Waals surface area contributed by atoms with E-state index in [4.69, 9.17) is 4.74 Å². The Morgan fingerprint density at radius 3 is 2.79 bits per heavy atom. The van der Waals surface area contributed by atoms with E-state index in [0.717, 1.165) is 48.6 Å². The lowest BCUT2D eigenvalue weighted by molar-refractivity contribution is 0.184. The van der Waals surface area contributed by atoms with Gasteiger partial charge in [-0.1, -0.05) is 43.9 Å². The van der Waals surface area contributed by atoms with Gasteiger partial charge in [0.05, 0.1) is 11.1 Å². The summed E-state index contributed by atoms with van der Waals surface area (Å²) in [5.41, 5.74) is 1.43. The third kappa shape index (κ3) is 5.05. The summed E-state index contributed by atoms with van der Waals surface area (Å²) in [4.78, 5) is 18.2. The number of pyridine rings is 1. The lowest BCUT2D eigenvalue weighted by Crippen LogP contribution is -2.33. The first kappa shape index (κ1) is 19.3. The van der Waals surface area contributed by atoms with Gasteiger partial charge in [0, 0.05) is 11.9 Å². The van der Waals surface area contributed by atoms with Crippen LogP contribution < -0.4 is 10.3 Å². The average Bonchev–Trinajstić information content (AvgIpc) is 3.54. The number of ether oxygens (including phenoxy) is 1. The second-order valence-electron chi connectivity index (χ2n) is 8.27. The number of piperidine rings is 1. The normalized spacial score (nSPS) is 18.1. The Kier molecular flexibility index (Phi) is 6.48. The molecule has 1 aromatic heterocycles. The fourth-order valence-corrected chi connectivity index (χ4v) is 4.13. The van der Waals surface area contributed by atoms with Crippen LogP contribution in [0, 0.1) is 5.92 Å². The highest BCUT2D eigenvalue weighted by Crippen LogP contribution is 2.34. The van der Waals surface area contributed by atoms with Crippen molar-refractivity contribution in [3.8, 4) is 5.75 Å². The van der Waals surface area contributed by atoms with E-state index >= 15 is 0 Å². The molecule has 0 spiro atoms. The molecule has 4 heteroatoms. The Morgan fingerprint density at radius 2 is 1.96 bits per heavy atom. The number of nitrogens with zero attached hydrogens (tertiary/aromatic N) is 1. The van der Waals surface area contributed by atoms with Crippen LogP contribution in [0.3, 0.4) is 0 Å². The largest absolute Gasteiger partial charge is 0.491 e. The number of H-pyrrole nitrogens is 1. The van der Waals surface area contributed by atoms with Crippen LogP contribution in [-0.2, 0) is 0 Å². The van der Waals surface area contributed by atoms with Crippen molar-refractivity contribution in [2.24, 2.45) is 5.92 Å². The van der Waals surface area contributed by atoms with Gasteiger partial charge in [0.15, 0.2) is 0 Å². The van der Waals surface area contributed by atoms with Gasteiger partial charge in [0.1, 0.15) is 12.4 Å². The van der Waals surface area contributed by atoms with Gasteiger partial charge in [-0.15, -0.1) is 0 Å². The van der Waals surface area contributed by atoms with E-state index in [1.165, 1.54) is 44.9 Å². The van der Waals surface area contributed by atoms with Gasteiger partial charge < -0.3 is 9.72 Å². The average molecular weight is 381 g/mol. The minimum absolute atomic E-state index is 0.0647. The molecule has 2 aromatic rings. The van der Waals surface area contributed by atoms with E-state index in [1.807, 2.05) is 30.3 Å². The molecule has 4 nitrogen and oxygen atoms in total. The van der Waals surface area contributed by atoms with Crippen LogP contribution in [0.2, 0.25) is 0 Å². The van der Waals surface area contributed by atoms with Crippen LogP contribution in [0.5, 0.6) is 5.75 Å². The summed E-state index contributed by atoms with van der Waals surface area (Å²) in [7, 11) is 0. The molecule has 28 heavy (non-hydrogen) atoms. The number of hydrogen-bond donors (Lipinski definition) is 1. The van der Waals surface area contributed by atoms with Crippen molar-refractivity contribution in [2.45, 2.75) is 51.4 Å². The van der Waals surface area contributed by atoms with Gasteiger partial charge in [-0.2, -0.15) is 0 Å². The molecule has 1 saturated heterocycles. The Labute approximate surface area is 167 Å². The molecule has 2 heterocycles. The first-order valence-electron chi connectivity index (χ1n) is 11.0. The molecule has 0 bridgehead atoms. The molecule has 2 aliphatic rings. The molecular weight excluding hydrogens is 348 g/mol. The smallest absolute Gasteiger partial charge is 0.259 e. The van der Waals surface area contributed by atoms with Crippen LogP contribution in [0.1, 0.15) is 56.9 Å². The molecule has 1 aliphatic heterocycles. The number of nitrogens with one attached hydrogen (secondary N) is 1. The molecule has 1 aromatic carbocycles. The molecule has 150 valence electrons. The SMILES string of the molecule is O=c1[nH]c2ccccc2c(OCCN2CCCCC2)c1/C=C/CCCC1CC1. The predicted molar refractivity (Wildman–Crippen MR) is 116 cm³/mol. The molecule has 1 aliphatic carbocycles. The van der Waals surface area contributed by atoms with Crippen molar-refractivity contribution in [3.63, 3.8) is 0 Å². The number of para-hydroxylation sites is 1. The van der Waals surface area contributed by atoms with Crippen LogP contribution in [0.15, 0.2) is 35.1 Å². The number of allylic oxidation sites excluding steroid dienone is 1. The first-order chi connectivity index (χ1) is 13.8. The van der Waals surface area contributed by atoms with Gasteiger partial charge in [-0.3, -0.25) is 9.69 Å². The predicted octanol–water partition coefficient (Wildman–Crippen LogP) is 4.99. The maximum Gasteiger partial charge on any atom is 0.259 e. The maximum atomic E-state index is 12.7. The van der Waals surface area contributed by atoms with Crippen molar-refractivity contribution >= 4 is 17.0 Å². The topological polar surface area (TPSA) is 45.3 Å². The fourth-order valence-electron chi connectivity index (χ4n) is 4.13. The summed E-state index contributed by atoms with van der Waals surface area (Å²) in [5.74, 6) is 1.70. The van der Waals surface area contributed by atoms with Crippen molar-refractivity contribution in [1.29, 1.82) is 0 Å². The van der Waals surface area contributed by atoms with E-state index in [0.29, 0.717) is 12.2 Å². The monoisotopic (exact) mass is 380 g/mol. The van der Waals surface area contributed by atoms with E-state index in [9.17, 15) is 4.79 Å². The first-order valence-corrected chi connectivity index (χ1v) is 11.0.